The second-order valence-electron chi connectivity index (χ2n) is 12.2. The molecule has 0 saturated carbocycles. The van der Waals surface area contributed by atoms with E-state index in [9.17, 15) is 0 Å². The molecule has 0 N–H and O–H groups in total. The summed E-state index contributed by atoms with van der Waals surface area (Å²) in [5.41, 5.74) is 12.2. The Morgan fingerprint density at radius 1 is 0.375 bits per heavy atom. The van der Waals surface area contributed by atoms with Crippen LogP contribution in [0, 0.1) is 0 Å². The van der Waals surface area contributed by atoms with Gasteiger partial charge < -0.3 is 18.3 Å². The zero-order valence-corrected chi connectivity index (χ0v) is 25.9. The van der Waals surface area contributed by atoms with E-state index in [1.165, 1.54) is 27.4 Å². The summed E-state index contributed by atoms with van der Waals surface area (Å²) in [5.74, 6) is 0. The third kappa shape index (κ3) is 4.10. The quantitative estimate of drug-likeness (QED) is 0.193. The van der Waals surface area contributed by atoms with Gasteiger partial charge in [0.25, 0.3) is 0 Å². The molecule has 0 atom stereocenters. The van der Waals surface area contributed by atoms with Crippen LogP contribution < -0.4 is 4.90 Å². The average Bonchev–Trinajstić information content (AvgIpc) is 3.80. The number of rotatable bonds is 5. The number of hydrogen-bond acceptors (Lipinski definition) is 3. The third-order valence-electron chi connectivity index (χ3n) is 9.37. The fraction of sp³-hybridized carbons (Fsp3) is 0. The van der Waals surface area contributed by atoms with Crippen molar-refractivity contribution in [2.24, 2.45) is 0 Å². The van der Waals surface area contributed by atoms with Crippen LogP contribution in [0.1, 0.15) is 0 Å². The minimum atomic E-state index is 0.787. The normalized spacial score (nSPS) is 11.8. The highest BCUT2D eigenvalue weighted by Crippen LogP contribution is 2.42. The number of aromatic nitrogens is 1. The third-order valence-corrected chi connectivity index (χ3v) is 9.37. The van der Waals surface area contributed by atoms with Crippen molar-refractivity contribution in [2.75, 3.05) is 4.90 Å². The Labute approximate surface area is 276 Å². The molecule has 0 unspecified atom stereocenters. The number of para-hydroxylation sites is 4. The fourth-order valence-electron chi connectivity index (χ4n) is 7.19. The van der Waals surface area contributed by atoms with Gasteiger partial charge in [-0.2, -0.15) is 0 Å². The first kappa shape index (κ1) is 26.7. The van der Waals surface area contributed by atoms with Crippen LogP contribution in [0.4, 0.5) is 17.1 Å². The van der Waals surface area contributed by atoms with Gasteiger partial charge in [-0.15, -0.1) is 0 Å². The van der Waals surface area contributed by atoms with Crippen LogP contribution in [0.5, 0.6) is 0 Å². The van der Waals surface area contributed by atoms with Crippen LogP contribution in [0.25, 0.3) is 71.7 Å². The zero-order valence-electron chi connectivity index (χ0n) is 25.9. The molecule has 0 fully saturated rings. The van der Waals surface area contributed by atoms with Crippen molar-refractivity contribution in [3.63, 3.8) is 0 Å². The van der Waals surface area contributed by atoms with Gasteiger partial charge in [-0.25, -0.2) is 0 Å². The van der Waals surface area contributed by atoms with E-state index in [0.29, 0.717) is 0 Å². The van der Waals surface area contributed by atoms with Crippen molar-refractivity contribution in [2.45, 2.75) is 0 Å². The second-order valence-corrected chi connectivity index (χ2v) is 12.2. The van der Waals surface area contributed by atoms with E-state index in [1.807, 2.05) is 30.3 Å². The average molecular weight is 617 g/mol. The Balaban J connectivity index is 1.11. The molecular formula is C44H28N2O2. The first-order chi connectivity index (χ1) is 23.8. The van der Waals surface area contributed by atoms with Crippen LogP contribution in [-0.2, 0) is 0 Å². The van der Waals surface area contributed by atoms with Crippen molar-refractivity contribution in [1.82, 2.24) is 4.57 Å². The van der Waals surface area contributed by atoms with Crippen LogP contribution in [0.3, 0.4) is 0 Å². The standard InChI is InChI=1S/C44H28N2O2/c1-3-13-31(14-4-1)45(34-23-24-37-42(28-34)48-43-36-19-8-10-21-41(36)47-44(37)43)33-17-11-12-29(26-33)30-22-25-40-38(27-30)35-18-7-9-20-39(35)46(40)32-15-5-2-6-16-32/h1-28H. The Bertz CT molecular complexity index is 2790. The summed E-state index contributed by atoms with van der Waals surface area (Å²) in [6.45, 7) is 0. The molecule has 4 heteroatoms. The fourth-order valence-corrected chi connectivity index (χ4v) is 7.19. The number of benzene rings is 7. The van der Waals surface area contributed by atoms with E-state index >= 15 is 0 Å². The molecule has 0 amide bonds. The van der Waals surface area contributed by atoms with Crippen LogP contribution in [0.15, 0.2) is 179 Å². The minimum absolute atomic E-state index is 0.787. The van der Waals surface area contributed by atoms with Crippen molar-refractivity contribution in [3.05, 3.63) is 170 Å². The highest BCUT2D eigenvalue weighted by molar-refractivity contribution is 6.13. The summed E-state index contributed by atoms with van der Waals surface area (Å²) >= 11 is 0. The first-order valence-corrected chi connectivity index (χ1v) is 16.2. The predicted octanol–water partition coefficient (Wildman–Crippen LogP) is 12.6. The van der Waals surface area contributed by atoms with Gasteiger partial charge in [0, 0.05) is 39.6 Å². The monoisotopic (exact) mass is 616 g/mol. The van der Waals surface area contributed by atoms with Gasteiger partial charge in [-0.1, -0.05) is 84.9 Å². The van der Waals surface area contributed by atoms with E-state index in [4.69, 9.17) is 8.83 Å². The molecule has 0 saturated heterocycles. The maximum atomic E-state index is 6.45. The molecule has 0 aliphatic carbocycles. The number of anilines is 3. The Hall–Kier alpha value is -6.52. The van der Waals surface area contributed by atoms with Gasteiger partial charge in [0.15, 0.2) is 11.2 Å². The molecule has 4 nitrogen and oxygen atoms in total. The van der Waals surface area contributed by atoms with Gasteiger partial charge in [0.1, 0.15) is 11.2 Å². The highest BCUT2D eigenvalue weighted by atomic mass is 16.4. The predicted molar refractivity (Wildman–Crippen MR) is 198 cm³/mol. The summed E-state index contributed by atoms with van der Waals surface area (Å²) in [7, 11) is 0. The lowest BCUT2D eigenvalue weighted by molar-refractivity contribution is 0.653. The summed E-state index contributed by atoms with van der Waals surface area (Å²) in [6.07, 6.45) is 0. The lowest BCUT2D eigenvalue weighted by atomic mass is 10.0. The number of hydrogen-bond donors (Lipinski definition) is 0. The lowest BCUT2D eigenvalue weighted by Gasteiger charge is -2.26. The summed E-state index contributed by atoms with van der Waals surface area (Å²) in [6, 6.07) is 59.7. The van der Waals surface area contributed by atoms with Crippen molar-refractivity contribution >= 4 is 72.0 Å². The Morgan fingerprint density at radius 2 is 1.00 bits per heavy atom. The molecule has 10 aromatic rings. The molecule has 7 aromatic carbocycles. The largest absolute Gasteiger partial charge is 0.452 e. The molecule has 0 aliphatic heterocycles. The van der Waals surface area contributed by atoms with Crippen LogP contribution in [-0.4, -0.2) is 4.57 Å². The lowest BCUT2D eigenvalue weighted by Crippen LogP contribution is -2.09. The van der Waals surface area contributed by atoms with E-state index in [1.54, 1.807) is 0 Å². The number of nitrogens with zero attached hydrogens (tertiary/aromatic N) is 2. The smallest absolute Gasteiger partial charge is 0.181 e. The Morgan fingerprint density at radius 3 is 1.85 bits per heavy atom. The maximum Gasteiger partial charge on any atom is 0.181 e. The van der Waals surface area contributed by atoms with Crippen LogP contribution >= 0.6 is 0 Å². The summed E-state index contributed by atoms with van der Waals surface area (Å²) in [4.78, 5) is 2.28. The zero-order chi connectivity index (χ0) is 31.6. The molecular weight excluding hydrogens is 588 g/mol. The Kier molecular flexibility index (Phi) is 5.84. The van der Waals surface area contributed by atoms with Crippen LogP contribution in [0.2, 0.25) is 0 Å². The molecule has 48 heavy (non-hydrogen) atoms. The van der Waals surface area contributed by atoms with Gasteiger partial charge >= 0.3 is 0 Å². The van der Waals surface area contributed by atoms with Crippen molar-refractivity contribution in [3.8, 4) is 16.8 Å². The van der Waals surface area contributed by atoms with E-state index in [2.05, 4.69) is 149 Å². The molecule has 0 radical (unpaired) electrons. The second kappa shape index (κ2) is 10.5. The molecule has 0 aliphatic rings. The molecule has 226 valence electrons. The minimum Gasteiger partial charge on any atom is -0.452 e. The summed E-state index contributed by atoms with van der Waals surface area (Å²) in [5, 5.41) is 4.43. The van der Waals surface area contributed by atoms with Gasteiger partial charge in [0.2, 0.25) is 0 Å². The number of fused-ring (bicyclic) bond motifs is 8. The first-order valence-electron chi connectivity index (χ1n) is 16.2. The van der Waals surface area contributed by atoms with Crippen molar-refractivity contribution < 1.29 is 8.83 Å². The van der Waals surface area contributed by atoms with Gasteiger partial charge in [0.05, 0.1) is 21.8 Å². The van der Waals surface area contributed by atoms with Gasteiger partial charge in [-0.3, -0.25) is 0 Å². The molecule has 0 spiro atoms. The molecule has 10 rings (SSSR count). The van der Waals surface area contributed by atoms with Gasteiger partial charge in [-0.05, 0) is 90.0 Å². The molecule has 0 bridgehead atoms. The highest BCUT2D eigenvalue weighted by Gasteiger charge is 2.19. The summed E-state index contributed by atoms with van der Waals surface area (Å²) < 4.78 is 15.0. The van der Waals surface area contributed by atoms with Crippen molar-refractivity contribution in [1.29, 1.82) is 0 Å². The van der Waals surface area contributed by atoms with E-state index < -0.39 is 0 Å². The SMILES string of the molecule is c1ccc(N(c2cccc(-c3ccc4c(c3)c3ccccc3n4-c3ccccc3)c2)c2ccc3c(c2)oc2c4ccccc4oc32)cc1. The van der Waals surface area contributed by atoms with E-state index in [0.717, 1.165) is 61.4 Å². The maximum absolute atomic E-state index is 6.45. The number of furan rings is 2. The van der Waals surface area contributed by atoms with E-state index in [-0.39, 0.29) is 0 Å². The topological polar surface area (TPSA) is 34.5 Å². The molecule has 3 heterocycles. The molecule has 3 aromatic heterocycles.